The molecule has 3 rings (SSSR count). The van der Waals surface area contributed by atoms with E-state index in [9.17, 15) is 24.3 Å². The van der Waals surface area contributed by atoms with Gasteiger partial charge in [0.25, 0.3) is 11.5 Å². The third-order valence-corrected chi connectivity index (χ3v) is 6.79. The number of hydrogen-bond donors (Lipinski definition) is 5. The number of carboxylic acid groups (broad SMARTS) is 1. The molecule has 6 N–H and O–H groups in total. The number of aliphatic carboxylic acids is 1. The molecule has 1 aliphatic rings. The average molecular weight is 462 g/mol. The number of aromatic nitrogens is 2. The van der Waals surface area contributed by atoms with Crippen molar-refractivity contribution in [2.45, 2.75) is 52.0 Å². The van der Waals surface area contributed by atoms with Gasteiger partial charge in [0.1, 0.15) is 17.6 Å². The Balaban J connectivity index is 1.60. The van der Waals surface area contributed by atoms with Crippen molar-refractivity contribution >= 4 is 40.8 Å². The molecule has 3 heterocycles. The summed E-state index contributed by atoms with van der Waals surface area (Å²) in [6.07, 6.45) is 2.30. The molecule has 172 valence electrons. The Morgan fingerprint density at radius 3 is 2.84 bits per heavy atom. The van der Waals surface area contributed by atoms with E-state index in [0.717, 1.165) is 23.3 Å². The standard InChI is InChI=1S/C21H27N5O5S/c1-10-7-16(19(29)24-14(20(30)31)5-3-11(2)27)32-15(10)6-4-12-8-13-17(23-9-12)25-21(22)26-18(13)28/h7,12,14H,3-6,8-9H2,1-2H3,(H,24,29)(H,30,31)(H4,22,23,25,26,28)/t12-,14+/m1/s1. The van der Waals surface area contributed by atoms with Crippen LogP contribution in [0.4, 0.5) is 11.8 Å². The van der Waals surface area contributed by atoms with Crippen molar-refractivity contribution in [1.29, 1.82) is 0 Å². The van der Waals surface area contributed by atoms with E-state index in [1.54, 1.807) is 6.07 Å². The van der Waals surface area contributed by atoms with E-state index >= 15 is 0 Å². The number of nitrogens with one attached hydrogen (secondary N) is 3. The summed E-state index contributed by atoms with van der Waals surface area (Å²) in [4.78, 5) is 55.4. The van der Waals surface area contributed by atoms with E-state index < -0.39 is 17.9 Å². The number of fused-ring (bicyclic) bond motifs is 1. The first kappa shape index (κ1) is 23.5. The molecule has 0 bridgehead atoms. The monoisotopic (exact) mass is 461 g/mol. The number of anilines is 2. The van der Waals surface area contributed by atoms with E-state index in [-0.39, 0.29) is 36.1 Å². The summed E-state index contributed by atoms with van der Waals surface area (Å²) < 4.78 is 0. The van der Waals surface area contributed by atoms with Crippen LogP contribution in [0.1, 0.15) is 51.9 Å². The van der Waals surface area contributed by atoms with E-state index in [0.29, 0.717) is 29.2 Å². The first-order valence-corrected chi connectivity index (χ1v) is 11.2. The maximum Gasteiger partial charge on any atom is 0.326 e. The third-order valence-electron chi connectivity index (χ3n) is 5.50. The second-order valence-corrected chi connectivity index (χ2v) is 9.23. The number of carbonyl (C=O) groups is 3. The second kappa shape index (κ2) is 9.94. The van der Waals surface area contributed by atoms with Gasteiger partial charge in [-0.15, -0.1) is 11.3 Å². The maximum atomic E-state index is 12.6. The molecule has 2 aromatic heterocycles. The summed E-state index contributed by atoms with van der Waals surface area (Å²) in [7, 11) is 0. The molecule has 0 aliphatic carbocycles. The number of aromatic amines is 1. The Kier molecular flexibility index (Phi) is 7.29. The average Bonchev–Trinajstić information content (AvgIpc) is 3.10. The molecular weight excluding hydrogens is 434 g/mol. The van der Waals surface area contributed by atoms with Gasteiger partial charge in [0.2, 0.25) is 5.95 Å². The van der Waals surface area contributed by atoms with Gasteiger partial charge in [-0.3, -0.25) is 14.6 Å². The highest BCUT2D eigenvalue weighted by Gasteiger charge is 2.24. The summed E-state index contributed by atoms with van der Waals surface area (Å²) in [5, 5.41) is 15.0. The zero-order valence-electron chi connectivity index (χ0n) is 18.0. The molecule has 0 spiro atoms. The van der Waals surface area contributed by atoms with Crippen molar-refractivity contribution in [3.8, 4) is 0 Å². The van der Waals surface area contributed by atoms with Crippen molar-refractivity contribution in [3.05, 3.63) is 37.3 Å². The number of nitrogens with zero attached hydrogens (tertiary/aromatic N) is 1. The molecule has 2 atom stereocenters. The number of carboxylic acids is 1. The molecule has 0 saturated heterocycles. The van der Waals surface area contributed by atoms with Crippen molar-refractivity contribution in [2.24, 2.45) is 5.92 Å². The lowest BCUT2D eigenvalue weighted by molar-refractivity contribution is -0.139. The molecule has 0 saturated carbocycles. The van der Waals surface area contributed by atoms with Gasteiger partial charge >= 0.3 is 5.97 Å². The van der Waals surface area contributed by atoms with Crippen LogP contribution in [0.2, 0.25) is 0 Å². The van der Waals surface area contributed by atoms with Crippen LogP contribution in [0.3, 0.4) is 0 Å². The SMILES string of the molecule is CC(=O)CC[C@H](NC(=O)c1cc(C)c(CC[C@H]2CNc3nc(N)[nH]c(=O)c3C2)s1)C(=O)O. The van der Waals surface area contributed by atoms with E-state index in [1.165, 1.54) is 18.3 Å². The van der Waals surface area contributed by atoms with Crippen molar-refractivity contribution in [2.75, 3.05) is 17.6 Å². The van der Waals surface area contributed by atoms with Gasteiger partial charge in [-0.25, -0.2) is 4.79 Å². The fourth-order valence-electron chi connectivity index (χ4n) is 3.71. The van der Waals surface area contributed by atoms with Crippen LogP contribution in [-0.4, -0.2) is 45.3 Å². The Morgan fingerprint density at radius 1 is 1.41 bits per heavy atom. The van der Waals surface area contributed by atoms with Crippen LogP contribution in [0, 0.1) is 12.8 Å². The van der Waals surface area contributed by atoms with Crippen LogP contribution < -0.4 is 21.9 Å². The highest BCUT2D eigenvalue weighted by atomic mass is 32.1. The summed E-state index contributed by atoms with van der Waals surface area (Å²) in [5.74, 6) is -0.887. The predicted octanol–water partition coefficient (Wildman–Crippen LogP) is 1.49. The van der Waals surface area contributed by atoms with E-state index in [2.05, 4.69) is 20.6 Å². The van der Waals surface area contributed by atoms with Gasteiger partial charge in [0.15, 0.2) is 0 Å². The summed E-state index contributed by atoms with van der Waals surface area (Å²) in [6.45, 7) is 3.98. The van der Waals surface area contributed by atoms with Crippen LogP contribution in [0.25, 0.3) is 0 Å². The van der Waals surface area contributed by atoms with Gasteiger partial charge < -0.3 is 26.3 Å². The molecule has 10 nitrogen and oxygen atoms in total. The van der Waals surface area contributed by atoms with E-state index in [1.807, 2.05) is 6.92 Å². The highest BCUT2D eigenvalue weighted by molar-refractivity contribution is 7.14. The highest BCUT2D eigenvalue weighted by Crippen LogP contribution is 2.28. The molecule has 1 amide bonds. The molecule has 0 aromatic carbocycles. The van der Waals surface area contributed by atoms with Gasteiger partial charge in [-0.1, -0.05) is 0 Å². The van der Waals surface area contributed by atoms with Gasteiger partial charge in [0, 0.05) is 17.8 Å². The number of rotatable bonds is 9. The maximum absolute atomic E-state index is 12.6. The Hall–Kier alpha value is -3.21. The molecule has 0 unspecified atom stereocenters. The first-order chi connectivity index (χ1) is 15.1. The minimum absolute atomic E-state index is 0.0589. The fraction of sp³-hybridized carbons (Fsp3) is 0.476. The molecule has 32 heavy (non-hydrogen) atoms. The van der Waals surface area contributed by atoms with Gasteiger partial charge in [-0.05, 0) is 57.1 Å². The number of carbonyl (C=O) groups excluding carboxylic acids is 2. The number of nitrogen functional groups attached to an aromatic ring is 1. The van der Waals surface area contributed by atoms with Crippen LogP contribution in [-0.2, 0) is 22.4 Å². The third kappa shape index (κ3) is 5.72. The van der Waals surface area contributed by atoms with Gasteiger partial charge in [0.05, 0.1) is 10.4 Å². The van der Waals surface area contributed by atoms with Crippen LogP contribution in [0.15, 0.2) is 10.9 Å². The lowest BCUT2D eigenvalue weighted by Gasteiger charge is -2.24. The van der Waals surface area contributed by atoms with Gasteiger partial charge in [-0.2, -0.15) is 4.98 Å². The number of nitrogens with two attached hydrogens (primary N) is 1. The number of H-pyrrole nitrogens is 1. The zero-order chi connectivity index (χ0) is 23.4. The Labute approximate surface area is 188 Å². The number of thiophene rings is 1. The minimum atomic E-state index is -1.16. The fourth-order valence-corrected chi connectivity index (χ4v) is 4.80. The number of hydrogen-bond acceptors (Lipinski definition) is 8. The van der Waals surface area contributed by atoms with Crippen molar-refractivity contribution in [3.63, 3.8) is 0 Å². The quantitative estimate of drug-likeness (QED) is 0.374. The summed E-state index contributed by atoms with van der Waals surface area (Å²) >= 11 is 1.34. The molecule has 11 heteroatoms. The van der Waals surface area contributed by atoms with Crippen LogP contribution in [0.5, 0.6) is 0 Å². The lowest BCUT2D eigenvalue weighted by Crippen LogP contribution is -2.40. The number of amides is 1. The van der Waals surface area contributed by atoms with E-state index in [4.69, 9.17) is 5.73 Å². The molecule has 2 aromatic rings. The van der Waals surface area contributed by atoms with Crippen molar-refractivity contribution in [1.82, 2.24) is 15.3 Å². The summed E-state index contributed by atoms with van der Waals surface area (Å²) in [5.41, 5.74) is 6.92. The predicted molar refractivity (Wildman–Crippen MR) is 121 cm³/mol. The largest absolute Gasteiger partial charge is 0.480 e. The zero-order valence-corrected chi connectivity index (χ0v) is 18.8. The smallest absolute Gasteiger partial charge is 0.326 e. The number of ketones is 1. The number of aryl methyl sites for hydroxylation is 2. The minimum Gasteiger partial charge on any atom is -0.480 e. The van der Waals surface area contributed by atoms with Crippen molar-refractivity contribution < 1.29 is 19.5 Å². The molecular formula is C21H27N5O5S. The topological polar surface area (TPSA) is 167 Å². The Morgan fingerprint density at radius 2 is 2.16 bits per heavy atom. The lowest BCUT2D eigenvalue weighted by atomic mass is 9.92. The Bertz CT molecular complexity index is 1090. The molecule has 0 radical (unpaired) electrons. The first-order valence-electron chi connectivity index (χ1n) is 10.4. The summed E-state index contributed by atoms with van der Waals surface area (Å²) in [6, 6.07) is 0.650. The second-order valence-electron chi connectivity index (χ2n) is 8.09. The number of Topliss-reactive ketones (excluding diaryl/α,β-unsaturated/α-hetero) is 1. The molecule has 0 fully saturated rings. The normalized spacial score (nSPS) is 16.0. The molecule has 1 aliphatic heterocycles. The van der Waals surface area contributed by atoms with Crippen LogP contribution >= 0.6 is 11.3 Å².